The highest BCUT2D eigenvalue weighted by Crippen LogP contribution is 2.17. The average molecular weight is 295 g/mol. The summed E-state index contributed by atoms with van der Waals surface area (Å²) in [4.78, 5) is 30.0. The fourth-order valence-electron chi connectivity index (χ4n) is 2.17. The largest absolute Gasteiger partial charge is 0.480 e. The number of carboxylic acid groups (broad SMARTS) is 1. The molecular formula is C15H25N3O3. The fraction of sp³-hybridized carbons (Fsp3) is 0.667. The summed E-state index contributed by atoms with van der Waals surface area (Å²) in [7, 11) is 3.92. The van der Waals surface area contributed by atoms with E-state index < -0.39 is 12.0 Å². The van der Waals surface area contributed by atoms with Crippen molar-refractivity contribution in [2.75, 3.05) is 20.6 Å². The van der Waals surface area contributed by atoms with Gasteiger partial charge in [-0.25, -0.2) is 4.79 Å². The number of rotatable bonds is 7. The van der Waals surface area contributed by atoms with Crippen molar-refractivity contribution >= 4 is 5.97 Å². The molecule has 1 N–H and O–H groups in total. The van der Waals surface area contributed by atoms with Crippen LogP contribution in [0.4, 0.5) is 0 Å². The topological polar surface area (TPSA) is 75.4 Å². The van der Waals surface area contributed by atoms with Gasteiger partial charge in [0.1, 0.15) is 11.7 Å². The van der Waals surface area contributed by atoms with Gasteiger partial charge in [0.15, 0.2) is 0 Å². The van der Waals surface area contributed by atoms with Gasteiger partial charge in [-0.2, -0.15) is 0 Å². The molecule has 0 spiro atoms. The third kappa shape index (κ3) is 4.97. The van der Waals surface area contributed by atoms with E-state index in [1.54, 1.807) is 13.1 Å². The standard InChI is InChI=1S/C15H25N3O3/c1-10(2)8-13(15(20)21)18-9-12(6-7-17(4)5)16-11(3)14(18)19/h9-10,13H,6-8H2,1-5H3,(H,20,21). The summed E-state index contributed by atoms with van der Waals surface area (Å²) in [5.74, 6) is -0.786. The van der Waals surface area contributed by atoms with E-state index >= 15 is 0 Å². The molecule has 0 bridgehead atoms. The number of hydrogen-bond acceptors (Lipinski definition) is 4. The van der Waals surface area contributed by atoms with E-state index in [9.17, 15) is 14.7 Å². The first-order chi connectivity index (χ1) is 9.72. The summed E-state index contributed by atoms with van der Waals surface area (Å²) in [6.07, 6.45) is 2.70. The molecule has 1 rings (SSSR count). The van der Waals surface area contributed by atoms with Gasteiger partial charge in [-0.3, -0.25) is 14.3 Å². The maximum absolute atomic E-state index is 12.2. The van der Waals surface area contributed by atoms with Crippen LogP contribution in [0.5, 0.6) is 0 Å². The van der Waals surface area contributed by atoms with Gasteiger partial charge < -0.3 is 10.0 Å². The minimum atomic E-state index is -0.977. The highest BCUT2D eigenvalue weighted by molar-refractivity contribution is 5.71. The normalized spacial score (nSPS) is 12.9. The van der Waals surface area contributed by atoms with Gasteiger partial charge in [0.05, 0.1) is 5.69 Å². The summed E-state index contributed by atoms with van der Waals surface area (Å²) in [5, 5.41) is 9.41. The number of aromatic nitrogens is 2. The van der Waals surface area contributed by atoms with Crippen LogP contribution in [-0.2, 0) is 11.2 Å². The van der Waals surface area contributed by atoms with Crippen LogP contribution in [0.25, 0.3) is 0 Å². The highest BCUT2D eigenvalue weighted by atomic mass is 16.4. The van der Waals surface area contributed by atoms with Gasteiger partial charge in [0, 0.05) is 19.2 Å². The lowest BCUT2D eigenvalue weighted by Crippen LogP contribution is -2.33. The van der Waals surface area contributed by atoms with Crippen molar-refractivity contribution in [3.05, 3.63) is 27.9 Å². The Labute approximate surface area is 125 Å². The Morgan fingerprint density at radius 3 is 2.52 bits per heavy atom. The van der Waals surface area contributed by atoms with Crippen LogP contribution in [0.1, 0.15) is 37.7 Å². The van der Waals surface area contributed by atoms with Gasteiger partial charge in [-0.15, -0.1) is 0 Å². The number of hydrogen-bond donors (Lipinski definition) is 1. The molecule has 6 nitrogen and oxygen atoms in total. The van der Waals surface area contributed by atoms with Gasteiger partial charge in [0.2, 0.25) is 0 Å². The Morgan fingerprint density at radius 1 is 1.43 bits per heavy atom. The summed E-state index contributed by atoms with van der Waals surface area (Å²) >= 11 is 0. The summed E-state index contributed by atoms with van der Waals surface area (Å²) < 4.78 is 1.33. The van der Waals surface area contributed by atoms with E-state index in [1.807, 2.05) is 32.8 Å². The Kier molecular flexibility index (Phi) is 6.08. The molecule has 0 aliphatic heterocycles. The molecule has 0 radical (unpaired) electrons. The minimum absolute atomic E-state index is 0.191. The smallest absolute Gasteiger partial charge is 0.326 e. The van der Waals surface area contributed by atoms with Gasteiger partial charge in [0.25, 0.3) is 5.56 Å². The third-order valence-electron chi connectivity index (χ3n) is 3.27. The van der Waals surface area contributed by atoms with E-state index in [2.05, 4.69) is 4.98 Å². The number of carbonyl (C=O) groups is 1. The molecule has 0 aromatic carbocycles. The van der Waals surface area contributed by atoms with E-state index in [0.717, 1.165) is 12.2 Å². The molecule has 0 fully saturated rings. The molecular weight excluding hydrogens is 270 g/mol. The molecule has 1 unspecified atom stereocenters. The first-order valence-electron chi connectivity index (χ1n) is 7.18. The zero-order chi connectivity index (χ0) is 16.2. The molecule has 21 heavy (non-hydrogen) atoms. The van der Waals surface area contributed by atoms with Crippen LogP contribution in [0, 0.1) is 12.8 Å². The molecule has 118 valence electrons. The molecule has 1 aromatic rings. The monoisotopic (exact) mass is 295 g/mol. The van der Waals surface area contributed by atoms with Crippen molar-refractivity contribution in [1.82, 2.24) is 14.5 Å². The quantitative estimate of drug-likeness (QED) is 0.821. The third-order valence-corrected chi connectivity index (χ3v) is 3.27. The second kappa shape index (κ2) is 7.36. The van der Waals surface area contributed by atoms with Crippen molar-refractivity contribution in [2.45, 2.75) is 39.7 Å². The molecule has 0 amide bonds. The lowest BCUT2D eigenvalue weighted by molar-refractivity contribution is -0.141. The zero-order valence-corrected chi connectivity index (χ0v) is 13.5. The van der Waals surface area contributed by atoms with E-state index in [1.165, 1.54) is 4.57 Å². The molecule has 1 aromatic heterocycles. The second-order valence-corrected chi connectivity index (χ2v) is 6.07. The Bertz CT molecular complexity index is 550. The van der Waals surface area contributed by atoms with Crippen LogP contribution < -0.4 is 5.56 Å². The molecule has 1 heterocycles. The molecule has 6 heteroatoms. The SMILES string of the molecule is Cc1nc(CCN(C)C)cn(C(CC(C)C)C(=O)O)c1=O. The van der Waals surface area contributed by atoms with Crippen molar-refractivity contribution in [2.24, 2.45) is 5.92 Å². The maximum Gasteiger partial charge on any atom is 0.326 e. The van der Waals surface area contributed by atoms with Crippen LogP contribution in [0.2, 0.25) is 0 Å². The zero-order valence-electron chi connectivity index (χ0n) is 13.5. The van der Waals surface area contributed by atoms with Gasteiger partial charge in [-0.05, 0) is 33.4 Å². The highest BCUT2D eigenvalue weighted by Gasteiger charge is 2.23. The van der Waals surface area contributed by atoms with E-state index in [-0.39, 0.29) is 11.5 Å². The van der Waals surface area contributed by atoms with Crippen molar-refractivity contribution in [3.63, 3.8) is 0 Å². The van der Waals surface area contributed by atoms with Crippen molar-refractivity contribution in [1.29, 1.82) is 0 Å². The first-order valence-corrected chi connectivity index (χ1v) is 7.18. The minimum Gasteiger partial charge on any atom is -0.480 e. The molecule has 0 aliphatic carbocycles. The number of carboxylic acids is 1. The maximum atomic E-state index is 12.2. The number of aliphatic carboxylic acids is 1. The number of aryl methyl sites for hydroxylation is 1. The average Bonchev–Trinajstić information content (AvgIpc) is 2.37. The fourth-order valence-corrected chi connectivity index (χ4v) is 2.17. The molecule has 0 saturated heterocycles. The lowest BCUT2D eigenvalue weighted by atomic mass is 10.0. The Balaban J connectivity index is 3.19. The van der Waals surface area contributed by atoms with Gasteiger partial charge in [-0.1, -0.05) is 13.8 Å². The van der Waals surface area contributed by atoms with Crippen LogP contribution in [0.15, 0.2) is 11.0 Å². The Hall–Kier alpha value is -1.69. The van der Waals surface area contributed by atoms with Crippen LogP contribution >= 0.6 is 0 Å². The first kappa shape index (κ1) is 17.4. The van der Waals surface area contributed by atoms with E-state index in [0.29, 0.717) is 18.5 Å². The summed E-state index contributed by atoms with van der Waals surface area (Å²) in [6, 6.07) is -0.836. The molecule has 0 aliphatic rings. The summed E-state index contributed by atoms with van der Waals surface area (Å²) in [5.41, 5.74) is 0.772. The predicted molar refractivity (Wildman–Crippen MR) is 81.6 cm³/mol. The number of likely N-dealkylation sites (N-methyl/N-ethyl adjacent to an activating group) is 1. The molecule has 1 atom stereocenters. The summed E-state index contributed by atoms with van der Waals surface area (Å²) in [6.45, 7) is 6.32. The van der Waals surface area contributed by atoms with Crippen molar-refractivity contribution in [3.8, 4) is 0 Å². The lowest BCUT2D eigenvalue weighted by Gasteiger charge is -2.19. The van der Waals surface area contributed by atoms with Gasteiger partial charge >= 0.3 is 5.97 Å². The van der Waals surface area contributed by atoms with Crippen LogP contribution in [-0.4, -0.2) is 46.2 Å². The second-order valence-electron chi connectivity index (χ2n) is 6.07. The molecule has 0 saturated carbocycles. The van der Waals surface area contributed by atoms with Crippen LogP contribution in [0.3, 0.4) is 0 Å². The number of nitrogens with zero attached hydrogens (tertiary/aromatic N) is 3. The Morgan fingerprint density at radius 2 is 2.05 bits per heavy atom. The predicted octanol–water partition coefficient (Wildman–Crippen LogP) is 1.33. The van der Waals surface area contributed by atoms with E-state index in [4.69, 9.17) is 0 Å². The van der Waals surface area contributed by atoms with Crippen molar-refractivity contribution < 1.29 is 9.90 Å².